The third-order valence-electron chi connectivity index (χ3n) is 4.15. The third-order valence-corrected chi connectivity index (χ3v) is 4.15. The average Bonchev–Trinajstić information content (AvgIpc) is 2.58. The van der Waals surface area contributed by atoms with Gasteiger partial charge in [-0.1, -0.05) is 0 Å². The number of piperidine rings is 1. The summed E-state index contributed by atoms with van der Waals surface area (Å²) in [6, 6.07) is 6.86. The molecular formula is C18H25NO4. The fraction of sp³-hybridized carbons (Fsp3) is 0.556. The lowest BCUT2D eigenvalue weighted by atomic mass is 9.98. The predicted molar refractivity (Wildman–Crippen MR) is 87.7 cm³/mol. The van der Waals surface area contributed by atoms with Gasteiger partial charge < -0.3 is 14.4 Å². The molecule has 1 heterocycles. The monoisotopic (exact) mass is 319 g/mol. The molecule has 0 aliphatic carbocycles. The van der Waals surface area contributed by atoms with Gasteiger partial charge in [0.25, 0.3) is 5.91 Å². The summed E-state index contributed by atoms with van der Waals surface area (Å²) in [7, 11) is 0. The summed E-state index contributed by atoms with van der Waals surface area (Å²) < 4.78 is 11.0. The van der Waals surface area contributed by atoms with Crippen LogP contribution >= 0.6 is 0 Å². The summed E-state index contributed by atoms with van der Waals surface area (Å²) >= 11 is 0. The van der Waals surface area contributed by atoms with Gasteiger partial charge in [-0.2, -0.15) is 0 Å². The lowest BCUT2D eigenvalue weighted by Gasteiger charge is -2.31. The van der Waals surface area contributed by atoms with E-state index in [1.807, 2.05) is 11.8 Å². The minimum absolute atomic E-state index is 0.00973. The number of carbonyl (C=O) groups is 2. The Hall–Kier alpha value is -1.88. The van der Waals surface area contributed by atoms with Crippen molar-refractivity contribution in [3.8, 4) is 5.75 Å². The number of hydrogen-bond acceptors (Lipinski definition) is 4. The number of benzene rings is 1. The first kappa shape index (κ1) is 17.5. The van der Waals surface area contributed by atoms with Crippen molar-refractivity contribution < 1.29 is 19.1 Å². The van der Waals surface area contributed by atoms with Crippen molar-refractivity contribution in [1.82, 2.24) is 4.90 Å². The molecule has 0 aromatic heterocycles. The van der Waals surface area contributed by atoms with Crippen molar-refractivity contribution in [2.45, 2.75) is 26.7 Å². The Balaban J connectivity index is 1.74. The van der Waals surface area contributed by atoms with Crippen LogP contribution in [0.25, 0.3) is 0 Å². The van der Waals surface area contributed by atoms with Gasteiger partial charge in [0.1, 0.15) is 5.75 Å². The number of hydrogen-bond donors (Lipinski definition) is 0. The first-order valence-corrected chi connectivity index (χ1v) is 8.19. The molecule has 1 aliphatic rings. The van der Waals surface area contributed by atoms with E-state index in [-0.39, 0.29) is 18.3 Å². The largest absolute Gasteiger partial charge is 0.484 e. The Morgan fingerprint density at radius 1 is 1.17 bits per heavy atom. The van der Waals surface area contributed by atoms with Gasteiger partial charge in [0.15, 0.2) is 12.4 Å². The van der Waals surface area contributed by atoms with Crippen molar-refractivity contribution in [2.24, 2.45) is 5.92 Å². The number of rotatable bonds is 7. The topological polar surface area (TPSA) is 55.8 Å². The molecule has 1 aromatic rings. The van der Waals surface area contributed by atoms with Crippen molar-refractivity contribution in [2.75, 3.05) is 32.9 Å². The normalized spacial score (nSPS) is 15.5. The van der Waals surface area contributed by atoms with E-state index >= 15 is 0 Å². The number of carbonyl (C=O) groups excluding carboxylic acids is 2. The highest BCUT2D eigenvalue weighted by atomic mass is 16.5. The second-order valence-corrected chi connectivity index (χ2v) is 5.85. The Kier molecular flexibility index (Phi) is 6.59. The highest BCUT2D eigenvalue weighted by molar-refractivity contribution is 5.94. The standard InChI is InChI=1S/C18H25NO4/c1-3-22-12-15-8-10-19(11-9-15)18(21)13-23-17-6-4-16(5-7-17)14(2)20/h4-7,15H,3,8-13H2,1-2H3. The van der Waals surface area contributed by atoms with Crippen LogP contribution in [0.15, 0.2) is 24.3 Å². The van der Waals surface area contributed by atoms with Gasteiger partial charge in [0.2, 0.25) is 0 Å². The van der Waals surface area contributed by atoms with Crippen molar-refractivity contribution in [3.63, 3.8) is 0 Å². The molecule has 0 spiro atoms. The average molecular weight is 319 g/mol. The molecule has 0 atom stereocenters. The Bertz CT molecular complexity index is 518. The lowest BCUT2D eigenvalue weighted by molar-refractivity contribution is -0.135. The molecule has 0 radical (unpaired) electrons. The number of Topliss-reactive ketones (excluding diaryl/α,β-unsaturated/α-hetero) is 1. The Morgan fingerprint density at radius 3 is 2.39 bits per heavy atom. The Labute approximate surface area is 137 Å². The molecule has 5 nitrogen and oxygen atoms in total. The zero-order valence-electron chi connectivity index (χ0n) is 13.9. The molecule has 0 unspecified atom stereocenters. The van der Waals surface area contributed by atoms with E-state index < -0.39 is 0 Å². The summed E-state index contributed by atoms with van der Waals surface area (Å²) in [4.78, 5) is 25.2. The van der Waals surface area contributed by atoms with Gasteiger partial charge in [-0.15, -0.1) is 0 Å². The molecule has 1 aromatic carbocycles. The Morgan fingerprint density at radius 2 is 1.83 bits per heavy atom. The molecule has 0 N–H and O–H groups in total. The van der Waals surface area contributed by atoms with E-state index in [0.29, 0.717) is 17.2 Å². The van der Waals surface area contributed by atoms with Crippen LogP contribution in [-0.2, 0) is 9.53 Å². The zero-order valence-corrected chi connectivity index (χ0v) is 13.9. The van der Waals surface area contributed by atoms with E-state index in [2.05, 4.69) is 0 Å². The number of nitrogens with zero attached hydrogens (tertiary/aromatic N) is 1. The van der Waals surface area contributed by atoms with Crippen molar-refractivity contribution >= 4 is 11.7 Å². The van der Waals surface area contributed by atoms with Crippen LogP contribution in [0.1, 0.15) is 37.0 Å². The summed E-state index contributed by atoms with van der Waals surface area (Å²) in [6.45, 7) is 6.63. The maximum absolute atomic E-state index is 12.2. The molecule has 1 saturated heterocycles. The van der Waals surface area contributed by atoms with Gasteiger partial charge in [-0.05, 0) is 56.9 Å². The second-order valence-electron chi connectivity index (χ2n) is 5.85. The van der Waals surface area contributed by atoms with E-state index in [0.717, 1.165) is 39.1 Å². The fourth-order valence-electron chi connectivity index (χ4n) is 2.66. The van der Waals surface area contributed by atoms with Crippen LogP contribution in [-0.4, -0.2) is 49.5 Å². The molecule has 1 amide bonds. The van der Waals surface area contributed by atoms with Gasteiger partial charge in [-0.3, -0.25) is 9.59 Å². The molecule has 2 rings (SSSR count). The van der Waals surface area contributed by atoms with Crippen LogP contribution in [0.2, 0.25) is 0 Å². The highest BCUT2D eigenvalue weighted by Crippen LogP contribution is 2.18. The van der Waals surface area contributed by atoms with E-state index in [4.69, 9.17) is 9.47 Å². The summed E-state index contributed by atoms with van der Waals surface area (Å²) in [5.41, 5.74) is 0.639. The van der Waals surface area contributed by atoms with Crippen molar-refractivity contribution in [1.29, 1.82) is 0 Å². The molecule has 0 saturated carbocycles. The summed E-state index contributed by atoms with van der Waals surface area (Å²) in [5, 5.41) is 0. The molecule has 126 valence electrons. The van der Waals surface area contributed by atoms with Crippen molar-refractivity contribution in [3.05, 3.63) is 29.8 Å². The lowest BCUT2D eigenvalue weighted by Crippen LogP contribution is -2.41. The minimum Gasteiger partial charge on any atom is -0.484 e. The van der Waals surface area contributed by atoms with Crippen LogP contribution in [0.5, 0.6) is 5.75 Å². The van der Waals surface area contributed by atoms with Gasteiger partial charge >= 0.3 is 0 Å². The highest BCUT2D eigenvalue weighted by Gasteiger charge is 2.23. The van der Waals surface area contributed by atoms with Crippen LogP contribution < -0.4 is 4.74 Å². The first-order chi connectivity index (χ1) is 11.1. The summed E-state index contributed by atoms with van der Waals surface area (Å²) in [6.07, 6.45) is 1.97. The molecule has 0 bridgehead atoms. The van der Waals surface area contributed by atoms with Crippen LogP contribution in [0.3, 0.4) is 0 Å². The van der Waals surface area contributed by atoms with Gasteiger partial charge in [0.05, 0.1) is 0 Å². The van der Waals surface area contributed by atoms with E-state index in [1.54, 1.807) is 24.3 Å². The molecular weight excluding hydrogens is 294 g/mol. The smallest absolute Gasteiger partial charge is 0.260 e. The second kappa shape index (κ2) is 8.67. The SMILES string of the molecule is CCOCC1CCN(C(=O)COc2ccc(C(C)=O)cc2)CC1. The van der Waals surface area contributed by atoms with E-state index in [9.17, 15) is 9.59 Å². The molecule has 5 heteroatoms. The molecule has 1 fully saturated rings. The summed E-state index contributed by atoms with van der Waals surface area (Å²) in [5.74, 6) is 1.19. The van der Waals surface area contributed by atoms with Crippen LogP contribution in [0, 0.1) is 5.92 Å². The first-order valence-electron chi connectivity index (χ1n) is 8.19. The number of likely N-dealkylation sites (tertiary alicyclic amines) is 1. The fourth-order valence-corrected chi connectivity index (χ4v) is 2.66. The molecule has 23 heavy (non-hydrogen) atoms. The van der Waals surface area contributed by atoms with E-state index in [1.165, 1.54) is 6.92 Å². The number of amides is 1. The third kappa shape index (κ3) is 5.36. The maximum Gasteiger partial charge on any atom is 0.260 e. The zero-order chi connectivity index (χ0) is 16.7. The van der Waals surface area contributed by atoms with Gasteiger partial charge in [0, 0.05) is 31.9 Å². The maximum atomic E-state index is 12.2. The quantitative estimate of drug-likeness (QED) is 0.725. The predicted octanol–water partition coefficient (Wildman–Crippen LogP) is 2.54. The van der Waals surface area contributed by atoms with Gasteiger partial charge in [-0.25, -0.2) is 0 Å². The molecule has 1 aliphatic heterocycles. The number of ether oxygens (including phenoxy) is 2. The minimum atomic E-state index is 0.00973. The van der Waals surface area contributed by atoms with Crippen LogP contribution in [0.4, 0.5) is 0 Å². The number of ketones is 1.